The lowest BCUT2D eigenvalue weighted by atomic mass is 10.4. The van der Waals surface area contributed by atoms with E-state index in [0.29, 0.717) is 5.69 Å². The van der Waals surface area contributed by atoms with Gasteiger partial charge in [-0.25, -0.2) is 9.48 Å². The molecular formula is C11H12N6O3. The van der Waals surface area contributed by atoms with E-state index < -0.39 is 5.97 Å². The van der Waals surface area contributed by atoms with Gasteiger partial charge in [-0.2, -0.15) is 0 Å². The van der Waals surface area contributed by atoms with Crippen LogP contribution in [0.1, 0.15) is 21.9 Å². The number of aromatic nitrogens is 5. The normalized spacial score (nSPS) is 10.2. The Morgan fingerprint density at radius 3 is 2.75 bits per heavy atom. The van der Waals surface area contributed by atoms with Gasteiger partial charge in [-0.1, -0.05) is 5.21 Å². The van der Waals surface area contributed by atoms with Crippen LogP contribution < -0.4 is 5.32 Å². The van der Waals surface area contributed by atoms with Gasteiger partial charge in [-0.05, 0) is 6.92 Å². The van der Waals surface area contributed by atoms with Crippen LogP contribution in [0.2, 0.25) is 0 Å². The summed E-state index contributed by atoms with van der Waals surface area (Å²) in [6, 6.07) is 0. The Kier molecular flexibility index (Phi) is 3.99. The van der Waals surface area contributed by atoms with E-state index in [4.69, 9.17) is 5.11 Å². The first-order chi connectivity index (χ1) is 9.54. The number of carbonyl (C=O) groups excluding carboxylic acids is 1. The highest BCUT2D eigenvalue weighted by atomic mass is 16.4. The molecule has 0 aliphatic carbocycles. The average molecular weight is 276 g/mol. The molecule has 0 radical (unpaired) electrons. The van der Waals surface area contributed by atoms with Gasteiger partial charge in [0, 0.05) is 6.20 Å². The van der Waals surface area contributed by atoms with Crippen LogP contribution >= 0.6 is 0 Å². The molecule has 2 N–H and O–H groups in total. The second kappa shape index (κ2) is 5.87. The number of nitrogens with zero attached hydrogens (tertiary/aromatic N) is 5. The number of carboxylic acids is 1. The number of aromatic carboxylic acids is 1. The number of carbonyl (C=O) groups is 2. The highest BCUT2D eigenvalue weighted by Gasteiger charge is 2.10. The fraction of sp³-hybridized carbons (Fsp3) is 0.273. The number of rotatable bonds is 5. The van der Waals surface area contributed by atoms with Gasteiger partial charge >= 0.3 is 5.97 Å². The Bertz CT molecular complexity index is 621. The zero-order valence-electron chi connectivity index (χ0n) is 10.6. The molecule has 0 aromatic carbocycles. The van der Waals surface area contributed by atoms with Gasteiger partial charge in [-0.3, -0.25) is 14.8 Å². The second-order valence-electron chi connectivity index (χ2n) is 4.03. The first kappa shape index (κ1) is 13.6. The van der Waals surface area contributed by atoms with Crippen molar-refractivity contribution in [3.8, 4) is 0 Å². The summed E-state index contributed by atoms with van der Waals surface area (Å²) in [5.74, 6) is -1.51. The monoisotopic (exact) mass is 276 g/mol. The van der Waals surface area contributed by atoms with Crippen molar-refractivity contribution in [2.24, 2.45) is 0 Å². The van der Waals surface area contributed by atoms with E-state index in [-0.39, 0.29) is 24.7 Å². The predicted octanol–water partition coefficient (Wildman–Crippen LogP) is -0.609. The first-order valence-corrected chi connectivity index (χ1v) is 5.72. The summed E-state index contributed by atoms with van der Waals surface area (Å²) < 4.78 is 1.15. The molecule has 0 aliphatic heterocycles. The van der Waals surface area contributed by atoms with Crippen molar-refractivity contribution in [1.29, 1.82) is 0 Å². The Labute approximate surface area is 113 Å². The Morgan fingerprint density at radius 1 is 1.35 bits per heavy atom. The molecule has 1 amide bonds. The van der Waals surface area contributed by atoms with Crippen LogP contribution in [-0.4, -0.2) is 41.9 Å². The summed E-state index contributed by atoms with van der Waals surface area (Å²) >= 11 is 0. The number of hydrogen-bond acceptors (Lipinski definition) is 6. The molecule has 9 nitrogen and oxygen atoms in total. The molecule has 0 fully saturated rings. The van der Waals surface area contributed by atoms with E-state index in [9.17, 15) is 9.59 Å². The molecule has 0 saturated carbocycles. The first-order valence-electron chi connectivity index (χ1n) is 5.72. The fourth-order valence-corrected chi connectivity index (χ4v) is 1.38. The Morgan fingerprint density at radius 2 is 2.15 bits per heavy atom. The van der Waals surface area contributed by atoms with Crippen LogP contribution in [0.4, 0.5) is 0 Å². The van der Waals surface area contributed by atoms with E-state index in [1.807, 2.05) is 6.92 Å². The van der Waals surface area contributed by atoms with Crippen molar-refractivity contribution >= 4 is 11.9 Å². The van der Waals surface area contributed by atoms with E-state index in [2.05, 4.69) is 25.6 Å². The van der Waals surface area contributed by atoms with Gasteiger partial charge in [0.2, 0.25) is 5.91 Å². The molecule has 20 heavy (non-hydrogen) atoms. The molecule has 9 heteroatoms. The number of hydrogen-bond donors (Lipinski definition) is 2. The van der Waals surface area contributed by atoms with Crippen molar-refractivity contribution in [1.82, 2.24) is 30.3 Å². The second-order valence-corrected chi connectivity index (χ2v) is 4.03. The summed E-state index contributed by atoms with van der Waals surface area (Å²) in [5.41, 5.74) is 1.22. The highest BCUT2D eigenvalue weighted by Crippen LogP contribution is 1.95. The Hall–Kier alpha value is -2.84. The third-order valence-corrected chi connectivity index (χ3v) is 2.36. The van der Waals surface area contributed by atoms with E-state index in [1.165, 1.54) is 6.20 Å². The van der Waals surface area contributed by atoms with Crippen LogP contribution in [-0.2, 0) is 17.9 Å². The van der Waals surface area contributed by atoms with Crippen molar-refractivity contribution < 1.29 is 14.7 Å². The van der Waals surface area contributed by atoms with Crippen LogP contribution in [0.25, 0.3) is 0 Å². The molecule has 2 aromatic heterocycles. The predicted molar refractivity (Wildman–Crippen MR) is 65.6 cm³/mol. The topological polar surface area (TPSA) is 123 Å². The molecule has 0 atom stereocenters. The summed E-state index contributed by atoms with van der Waals surface area (Å²) in [6.45, 7) is 1.95. The fourth-order valence-electron chi connectivity index (χ4n) is 1.38. The molecule has 104 valence electrons. The van der Waals surface area contributed by atoms with Gasteiger partial charge in [-0.15, -0.1) is 5.10 Å². The largest absolute Gasteiger partial charge is 0.476 e. The van der Waals surface area contributed by atoms with Crippen molar-refractivity contribution in [2.75, 3.05) is 0 Å². The van der Waals surface area contributed by atoms with Gasteiger partial charge in [0.15, 0.2) is 5.69 Å². The van der Waals surface area contributed by atoms with Crippen LogP contribution in [0, 0.1) is 6.92 Å². The maximum Gasteiger partial charge on any atom is 0.358 e. The van der Waals surface area contributed by atoms with Crippen molar-refractivity contribution in [2.45, 2.75) is 20.0 Å². The smallest absolute Gasteiger partial charge is 0.358 e. The zero-order chi connectivity index (χ0) is 14.5. The molecule has 0 saturated heterocycles. The van der Waals surface area contributed by atoms with E-state index >= 15 is 0 Å². The number of aryl methyl sites for hydroxylation is 1. The van der Waals surface area contributed by atoms with E-state index in [0.717, 1.165) is 10.4 Å². The minimum Gasteiger partial charge on any atom is -0.476 e. The SMILES string of the molecule is Cc1cnc(CNC(=O)Cn2cc(C(=O)O)nn2)cn1. The van der Waals surface area contributed by atoms with Crippen molar-refractivity contribution in [3.05, 3.63) is 35.7 Å². The lowest BCUT2D eigenvalue weighted by Crippen LogP contribution is -2.27. The minimum absolute atomic E-state index is 0.112. The molecule has 2 heterocycles. The molecule has 2 aromatic rings. The highest BCUT2D eigenvalue weighted by molar-refractivity contribution is 5.84. The van der Waals surface area contributed by atoms with Crippen LogP contribution in [0.5, 0.6) is 0 Å². The zero-order valence-corrected chi connectivity index (χ0v) is 10.6. The quantitative estimate of drug-likeness (QED) is 0.746. The minimum atomic E-state index is -1.19. The summed E-state index contributed by atoms with van der Waals surface area (Å²) in [5, 5.41) is 18.3. The summed E-state index contributed by atoms with van der Waals surface area (Å²) in [4.78, 5) is 30.4. The number of nitrogens with one attached hydrogen (secondary N) is 1. The lowest BCUT2D eigenvalue weighted by molar-refractivity contribution is -0.122. The standard InChI is InChI=1S/C11H12N6O3/c1-7-2-13-8(3-12-7)4-14-10(18)6-17-5-9(11(19)20)15-16-17/h2-3,5H,4,6H2,1H3,(H,14,18)(H,19,20). The molecule has 0 spiro atoms. The maximum atomic E-state index is 11.6. The molecular weight excluding hydrogens is 264 g/mol. The third-order valence-electron chi connectivity index (χ3n) is 2.36. The molecule has 2 rings (SSSR count). The van der Waals surface area contributed by atoms with Crippen molar-refractivity contribution in [3.63, 3.8) is 0 Å². The van der Waals surface area contributed by atoms with Crippen LogP contribution in [0.3, 0.4) is 0 Å². The Balaban J connectivity index is 1.85. The van der Waals surface area contributed by atoms with E-state index in [1.54, 1.807) is 12.4 Å². The summed E-state index contributed by atoms with van der Waals surface area (Å²) in [6.07, 6.45) is 4.37. The van der Waals surface area contributed by atoms with Gasteiger partial charge in [0.05, 0.1) is 30.3 Å². The number of amides is 1. The maximum absolute atomic E-state index is 11.6. The van der Waals surface area contributed by atoms with Gasteiger partial charge in [0.25, 0.3) is 0 Å². The molecule has 0 unspecified atom stereocenters. The third kappa shape index (κ3) is 3.57. The number of carboxylic acid groups (broad SMARTS) is 1. The van der Waals surface area contributed by atoms with Gasteiger partial charge < -0.3 is 10.4 Å². The average Bonchev–Trinajstić information content (AvgIpc) is 2.87. The van der Waals surface area contributed by atoms with Gasteiger partial charge in [0.1, 0.15) is 6.54 Å². The van der Waals surface area contributed by atoms with Crippen LogP contribution in [0.15, 0.2) is 18.6 Å². The molecule has 0 bridgehead atoms. The summed E-state index contributed by atoms with van der Waals surface area (Å²) in [7, 11) is 0. The molecule has 0 aliphatic rings. The lowest BCUT2D eigenvalue weighted by Gasteiger charge is -2.04.